The molecule has 1 aromatic rings. The van der Waals surface area contributed by atoms with Crippen molar-refractivity contribution in [2.45, 2.75) is 76.0 Å². The number of esters is 1. The summed E-state index contributed by atoms with van der Waals surface area (Å²) in [5.74, 6) is -0.851. The highest BCUT2D eigenvalue weighted by Crippen LogP contribution is 2.40. The molecule has 2 rings (SSSR count). The van der Waals surface area contributed by atoms with Crippen molar-refractivity contribution in [2.24, 2.45) is 5.92 Å². The van der Waals surface area contributed by atoms with Gasteiger partial charge in [-0.1, -0.05) is 42.5 Å². The van der Waals surface area contributed by atoms with Gasteiger partial charge in [-0.15, -0.1) is 0 Å². The Morgan fingerprint density at radius 2 is 1.87 bits per heavy atom. The van der Waals surface area contributed by atoms with Gasteiger partial charge < -0.3 is 25.2 Å². The van der Waals surface area contributed by atoms with Gasteiger partial charge in [-0.05, 0) is 64.5 Å². The Morgan fingerprint density at radius 3 is 2.47 bits per heavy atom. The van der Waals surface area contributed by atoms with Gasteiger partial charge in [-0.3, -0.25) is 0 Å². The average molecular weight is 419 g/mol. The van der Waals surface area contributed by atoms with Crippen LogP contribution in [0.3, 0.4) is 0 Å². The van der Waals surface area contributed by atoms with Crippen LogP contribution in [0, 0.1) is 5.92 Å². The maximum Gasteiger partial charge on any atom is 0.331 e. The van der Waals surface area contributed by atoms with Crippen molar-refractivity contribution in [1.82, 2.24) is 0 Å². The second kappa shape index (κ2) is 9.43. The van der Waals surface area contributed by atoms with Crippen molar-refractivity contribution >= 4 is 12.0 Å². The summed E-state index contributed by atoms with van der Waals surface area (Å²) < 4.78 is 5.53. The number of rotatable bonds is 7. The first-order valence-electron chi connectivity index (χ1n) is 10.3. The van der Waals surface area contributed by atoms with Crippen molar-refractivity contribution in [3.63, 3.8) is 0 Å². The molecule has 0 heterocycles. The number of hydrogen-bond donors (Lipinski definition) is 4. The number of carbonyl (C=O) groups excluding carboxylic acids is 1. The Hall–Kier alpha value is -1.99. The molecule has 6 heteroatoms. The number of aliphatic hydroxyl groups is 4. The van der Waals surface area contributed by atoms with Gasteiger partial charge in [-0.25, -0.2) is 4.79 Å². The van der Waals surface area contributed by atoms with Crippen LogP contribution >= 0.6 is 0 Å². The average Bonchev–Trinajstić information content (AvgIpc) is 2.66. The first kappa shape index (κ1) is 24.3. The molecule has 30 heavy (non-hydrogen) atoms. The third-order valence-corrected chi connectivity index (χ3v) is 5.83. The Kier molecular flexibility index (Phi) is 7.64. The van der Waals surface area contributed by atoms with Crippen LogP contribution in [0.1, 0.15) is 52.5 Å². The normalized spacial score (nSPS) is 28.4. The molecule has 6 nitrogen and oxygen atoms in total. The van der Waals surface area contributed by atoms with E-state index in [0.717, 1.165) is 5.56 Å². The second-order valence-electron chi connectivity index (χ2n) is 9.18. The van der Waals surface area contributed by atoms with E-state index >= 15 is 0 Å². The minimum absolute atomic E-state index is 0.272. The van der Waals surface area contributed by atoms with E-state index in [4.69, 9.17) is 4.74 Å². The lowest BCUT2D eigenvalue weighted by Gasteiger charge is -2.43. The SMILES string of the molecule is CC(C)(O)[C@@H](O)C=C[C@@](C)(O)[C@H]1CC[C@@](C)(O)[C@@H](OC(=O)C=Cc2ccccc2)C1. The van der Waals surface area contributed by atoms with Gasteiger partial charge in [0.1, 0.15) is 12.2 Å². The monoisotopic (exact) mass is 418 g/mol. The first-order chi connectivity index (χ1) is 13.8. The van der Waals surface area contributed by atoms with Gasteiger partial charge >= 0.3 is 5.97 Å². The van der Waals surface area contributed by atoms with Gasteiger partial charge in [0.25, 0.3) is 0 Å². The van der Waals surface area contributed by atoms with E-state index in [-0.39, 0.29) is 12.3 Å². The molecule has 0 saturated heterocycles. The van der Waals surface area contributed by atoms with E-state index in [1.54, 1.807) is 19.9 Å². The number of carbonyl (C=O) groups is 1. The molecule has 166 valence electrons. The first-order valence-corrected chi connectivity index (χ1v) is 10.3. The standard InChI is InChI=1S/C24H34O6/c1-22(2,27)19(25)13-15-23(3,28)18-12-14-24(4,29)20(16-18)30-21(26)11-10-17-8-6-5-7-9-17/h5-11,13,15,18-20,25,27-29H,12,14,16H2,1-4H3/t18-,19-,20-,23+,24+/m0/s1. The lowest BCUT2D eigenvalue weighted by molar-refractivity contribution is -0.171. The topological polar surface area (TPSA) is 107 Å². The van der Waals surface area contributed by atoms with E-state index in [2.05, 4.69) is 0 Å². The Morgan fingerprint density at radius 1 is 1.23 bits per heavy atom. The maximum absolute atomic E-state index is 12.3. The number of ether oxygens (including phenoxy) is 1. The Bertz CT molecular complexity index is 758. The Balaban J connectivity index is 2.06. The molecular weight excluding hydrogens is 384 g/mol. The van der Waals surface area contributed by atoms with Gasteiger partial charge in [0.05, 0.1) is 16.8 Å². The molecule has 5 atom stereocenters. The fraction of sp³-hybridized carbons (Fsp3) is 0.542. The molecule has 0 amide bonds. The summed E-state index contributed by atoms with van der Waals surface area (Å²) in [7, 11) is 0. The predicted octanol–water partition coefficient (Wildman–Crippen LogP) is 2.60. The van der Waals surface area contributed by atoms with Crippen LogP contribution in [0.15, 0.2) is 48.6 Å². The van der Waals surface area contributed by atoms with Gasteiger partial charge in [0, 0.05) is 6.08 Å². The summed E-state index contributed by atoms with van der Waals surface area (Å²) in [6, 6.07) is 9.35. The molecule has 1 aliphatic carbocycles. The van der Waals surface area contributed by atoms with Crippen LogP contribution in [-0.4, -0.2) is 55.4 Å². The summed E-state index contributed by atoms with van der Waals surface area (Å²) in [4.78, 5) is 12.3. The third kappa shape index (κ3) is 6.77. The van der Waals surface area contributed by atoms with Crippen LogP contribution in [0.5, 0.6) is 0 Å². The second-order valence-corrected chi connectivity index (χ2v) is 9.18. The van der Waals surface area contributed by atoms with Gasteiger partial charge in [-0.2, -0.15) is 0 Å². The van der Waals surface area contributed by atoms with E-state index < -0.39 is 35.0 Å². The molecule has 1 fully saturated rings. The van der Waals surface area contributed by atoms with E-state index in [1.165, 1.54) is 32.1 Å². The number of hydrogen-bond acceptors (Lipinski definition) is 6. The van der Waals surface area contributed by atoms with E-state index in [0.29, 0.717) is 12.8 Å². The van der Waals surface area contributed by atoms with E-state index in [1.807, 2.05) is 30.3 Å². The molecule has 0 aliphatic heterocycles. The summed E-state index contributed by atoms with van der Waals surface area (Å²) in [5.41, 5.74) is -2.96. The summed E-state index contributed by atoms with van der Waals surface area (Å²) in [6.07, 6.45) is 5.06. The highest BCUT2D eigenvalue weighted by molar-refractivity contribution is 5.87. The highest BCUT2D eigenvalue weighted by atomic mass is 16.6. The van der Waals surface area contributed by atoms with Crippen molar-refractivity contribution in [1.29, 1.82) is 0 Å². The van der Waals surface area contributed by atoms with Crippen molar-refractivity contribution in [3.05, 3.63) is 54.1 Å². The lowest BCUT2D eigenvalue weighted by Crippen LogP contribution is -2.51. The van der Waals surface area contributed by atoms with Crippen molar-refractivity contribution in [3.8, 4) is 0 Å². The van der Waals surface area contributed by atoms with Crippen LogP contribution in [0.2, 0.25) is 0 Å². The van der Waals surface area contributed by atoms with Crippen molar-refractivity contribution in [2.75, 3.05) is 0 Å². The largest absolute Gasteiger partial charge is 0.456 e. The minimum atomic E-state index is -1.33. The molecule has 1 aliphatic rings. The zero-order valence-corrected chi connectivity index (χ0v) is 18.2. The maximum atomic E-state index is 12.3. The molecule has 1 saturated carbocycles. The van der Waals surface area contributed by atoms with Crippen LogP contribution in [0.25, 0.3) is 6.08 Å². The minimum Gasteiger partial charge on any atom is -0.456 e. The molecule has 1 aromatic carbocycles. The van der Waals surface area contributed by atoms with E-state index in [9.17, 15) is 25.2 Å². The van der Waals surface area contributed by atoms with Gasteiger partial charge in [0.2, 0.25) is 0 Å². The number of benzene rings is 1. The van der Waals surface area contributed by atoms with Gasteiger partial charge in [0.15, 0.2) is 0 Å². The molecule has 0 bridgehead atoms. The zero-order valence-electron chi connectivity index (χ0n) is 18.2. The molecule has 0 aromatic heterocycles. The van der Waals surface area contributed by atoms with Crippen LogP contribution in [-0.2, 0) is 9.53 Å². The zero-order chi connectivity index (χ0) is 22.6. The molecule has 0 spiro atoms. The van der Waals surface area contributed by atoms with Crippen molar-refractivity contribution < 1.29 is 30.0 Å². The predicted molar refractivity (Wildman–Crippen MR) is 115 cm³/mol. The quantitative estimate of drug-likeness (QED) is 0.308. The van der Waals surface area contributed by atoms with Crippen LogP contribution in [0.4, 0.5) is 0 Å². The molecule has 4 N–H and O–H groups in total. The third-order valence-electron chi connectivity index (χ3n) is 5.83. The van der Waals surface area contributed by atoms with Crippen LogP contribution < -0.4 is 0 Å². The molecule has 0 unspecified atom stereocenters. The molecular formula is C24H34O6. The fourth-order valence-electron chi connectivity index (χ4n) is 3.53. The molecule has 0 radical (unpaired) electrons. The fourth-order valence-corrected chi connectivity index (χ4v) is 3.53. The summed E-state index contributed by atoms with van der Waals surface area (Å²) in [6.45, 7) is 6.20. The lowest BCUT2D eigenvalue weighted by atomic mass is 9.71. The number of aliphatic hydroxyl groups excluding tert-OH is 1. The smallest absolute Gasteiger partial charge is 0.331 e. The Labute approximate surface area is 178 Å². The highest BCUT2D eigenvalue weighted by Gasteiger charge is 2.45. The summed E-state index contributed by atoms with van der Waals surface area (Å²) >= 11 is 0. The summed E-state index contributed by atoms with van der Waals surface area (Å²) in [5, 5.41) is 41.5.